The minimum absolute atomic E-state index is 0.0134. The number of nitro benzene ring substituents is 1. The van der Waals surface area contributed by atoms with E-state index in [1.165, 1.54) is 12.1 Å². The number of Topliss-reactive ketones (excluding diaryl/α,β-unsaturated/α-hetero) is 1. The van der Waals surface area contributed by atoms with E-state index in [0.29, 0.717) is 18.4 Å². The van der Waals surface area contributed by atoms with Gasteiger partial charge in [0.15, 0.2) is 5.78 Å². The second kappa shape index (κ2) is 9.98. The van der Waals surface area contributed by atoms with Crippen molar-refractivity contribution in [2.75, 3.05) is 6.54 Å². The van der Waals surface area contributed by atoms with Crippen LogP contribution in [-0.4, -0.2) is 54.6 Å². The molecule has 0 radical (unpaired) electrons. The number of aryl methyl sites for hydroxylation is 1. The molecule has 0 N–H and O–H groups in total. The maximum absolute atomic E-state index is 13.5. The van der Waals surface area contributed by atoms with Gasteiger partial charge >= 0.3 is 0 Å². The first-order chi connectivity index (χ1) is 16.6. The molecule has 1 aliphatic heterocycles. The third kappa shape index (κ3) is 4.92. The predicted octanol–water partition coefficient (Wildman–Crippen LogP) is 4.07. The van der Waals surface area contributed by atoms with Crippen LogP contribution in [0.25, 0.3) is 0 Å². The van der Waals surface area contributed by atoms with Gasteiger partial charge in [0.1, 0.15) is 6.54 Å². The second-order valence-electron chi connectivity index (χ2n) is 8.66. The number of nitrogens with zero attached hydrogens (tertiary/aromatic N) is 3. The van der Waals surface area contributed by atoms with E-state index in [0.717, 1.165) is 27.7 Å². The third-order valence-electron chi connectivity index (χ3n) is 6.36. The van der Waals surface area contributed by atoms with Crippen molar-refractivity contribution < 1.29 is 24.1 Å². The number of carbonyl (C=O) groups excluding carboxylic acids is 4. The topological polar surface area (TPSA) is 118 Å². The average molecular weight is 607 g/mol. The smallest absolute Gasteiger partial charge is 0.273 e. The van der Waals surface area contributed by atoms with Gasteiger partial charge in [0.05, 0.1) is 16.8 Å². The van der Waals surface area contributed by atoms with Crippen molar-refractivity contribution in [1.82, 2.24) is 10.0 Å². The standard InChI is InChI=1S/C24H21Br2N3O6/c1-13-2-4-14(5-3-13)21(30)12-27(22(31)15-6-8-16(9-7-15)29(34)35)28-23(32)17-10-19(25)20(26)11-18(17)24(28)33/h2-9,17-20H,10-12H2,1H3/t17-,18-,19+,20+/m1/s1. The molecule has 35 heavy (non-hydrogen) atoms. The molecule has 4 atom stereocenters. The molecule has 0 bridgehead atoms. The van der Waals surface area contributed by atoms with Crippen molar-refractivity contribution >= 4 is 61.1 Å². The molecule has 0 unspecified atom stereocenters. The lowest BCUT2D eigenvalue weighted by molar-refractivity contribution is -0.384. The van der Waals surface area contributed by atoms with Gasteiger partial charge in [-0.1, -0.05) is 61.7 Å². The zero-order chi connectivity index (χ0) is 25.4. The highest BCUT2D eigenvalue weighted by molar-refractivity contribution is 9.12. The van der Waals surface area contributed by atoms with E-state index in [-0.39, 0.29) is 20.9 Å². The largest absolute Gasteiger partial charge is 0.292 e. The molecule has 1 saturated heterocycles. The Kier molecular flexibility index (Phi) is 7.18. The highest BCUT2D eigenvalue weighted by Crippen LogP contribution is 2.43. The Morgan fingerprint density at radius 1 is 0.943 bits per heavy atom. The third-order valence-corrected chi connectivity index (χ3v) is 9.09. The molecular weight excluding hydrogens is 586 g/mol. The summed E-state index contributed by atoms with van der Waals surface area (Å²) in [5.74, 6) is -3.50. The van der Waals surface area contributed by atoms with Crippen LogP contribution < -0.4 is 0 Å². The molecule has 0 spiro atoms. The summed E-state index contributed by atoms with van der Waals surface area (Å²) >= 11 is 7.07. The molecule has 3 amide bonds. The summed E-state index contributed by atoms with van der Waals surface area (Å²) in [4.78, 5) is 63.7. The monoisotopic (exact) mass is 605 g/mol. The second-order valence-corrected chi connectivity index (χ2v) is 11.0. The number of hydrogen-bond donors (Lipinski definition) is 0. The van der Waals surface area contributed by atoms with E-state index in [4.69, 9.17) is 0 Å². The zero-order valence-corrected chi connectivity index (χ0v) is 21.8. The van der Waals surface area contributed by atoms with Crippen LogP contribution in [0, 0.1) is 28.9 Å². The number of imide groups is 1. The van der Waals surface area contributed by atoms with Gasteiger partial charge in [-0.2, -0.15) is 5.01 Å². The van der Waals surface area contributed by atoms with Crippen molar-refractivity contribution in [2.24, 2.45) is 11.8 Å². The number of halogens is 2. The number of hydrogen-bond acceptors (Lipinski definition) is 6. The van der Waals surface area contributed by atoms with Crippen molar-refractivity contribution in [3.8, 4) is 0 Å². The van der Waals surface area contributed by atoms with Crippen LogP contribution in [0.3, 0.4) is 0 Å². The van der Waals surface area contributed by atoms with Gasteiger partial charge in [-0.15, -0.1) is 0 Å². The first kappa shape index (κ1) is 25.2. The molecule has 2 aliphatic rings. The van der Waals surface area contributed by atoms with Crippen molar-refractivity contribution in [3.05, 3.63) is 75.3 Å². The molecular formula is C24H21Br2N3O6. The maximum atomic E-state index is 13.5. The highest BCUT2D eigenvalue weighted by Gasteiger charge is 2.54. The molecule has 0 aromatic heterocycles. The number of amides is 3. The van der Waals surface area contributed by atoms with E-state index in [1.807, 2.05) is 6.92 Å². The van der Waals surface area contributed by atoms with Crippen LogP contribution in [0.2, 0.25) is 0 Å². The molecule has 11 heteroatoms. The van der Waals surface area contributed by atoms with Crippen LogP contribution in [0.5, 0.6) is 0 Å². The fourth-order valence-electron chi connectivity index (χ4n) is 4.39. The Hall–Kier alpha value is -2.92. The fraction of sp³-hybridized carbons (Fsp3) is 0.333. The number of non-ortho nitro benzene ring substituents is 1. The van der Waals surface area contributed by atoms with E-state index >= 15 is 0 Å². The molecule has 2 aromatic carbocycles. The Bertz CT molecular complexity index is 1170. The van der Waals surface area contributed by atoms with Gasteiger partial charge in [-0.05, 0) is 31.9 Å². The molecule has 2 aromatic rings. The van der Waals surface area contributed by atoms with E-state index in [9.17, 15) is 29.3 Å². The Labute approximate surface area is 217 Å². The number of fused-ring (bicyclic) bond motifs is 1. The van der Waals surface area contributed by atoms with Crippen LogP contribution in [-0.2, 0) is 9.59 Å². The number of benzene rings is 2. The van der Waals surface area contributed by atoms with Gasteiger partial charge in [-0.25, -0.2) is 5.01 Å². The number of rotatable bonds is 6. The first-order valence-electron chi connectivity index (χ1n) is 10.9. The van der Waals surface area contributed by atoms with E-state index in [1.54, 1.807) is 24.3 Å². The molecule has 182 valence electrons. The van der Waals surface area contributed by atoms with Gasteiger partial charge in [0, 0.05) is 32.9 Å². The maximum Gasteiger partial charge on any atom is 0.273 e. The molecule has 9 nitrogen and oxygen atoms in total. The summed E-state index contributed by atoms with van der Waals surface area (Å²) in [5.41, 5.74) is 1.08. The summed E-state index contributed by atoms with van der Waals surface area (Å²) < 4.78 is 0. The Balaban J connectivity index is 1.69. The molecule has 1 saturated carbocycles. The molecule has 1 heterocycles. The van der Waals surface area contributed by atoms with Gasteiger partial charge < -0.3 is 0 Å². The average Bonchev–Trinajstić information content (AvgIpc) is 3.06. The van der Waals surface area contributed by atoms with Crippen LogP contribution in [0.15, 0.2) is 48.5 Å². The summed E-state index contributed by atoms with van der Waals surface area (Å²) in [6.07, 6.45) is 0.820. The molecule has 4 rings (SSSR count). The fourth-order valence-corrected chi connectivity index (χ4v) is 5.63. The van der Waals surface area contributed by atoms with Crippen LogP contribution in [0.1, 0.15) is 39.1 Å². The zero-order valence-electron chi connectivity index (χ0n) is 18.6. The predicted molar refractivity (Wildman–Crippen MR) is 133 cm³/mol. The summed E-state index contributed by atoms with van der Waals surface area (Å²) in [6, 6.07) is 11.5. The van der Waals surface area contributed by atoms with E-state index in [2.05, 4.69) is 31.9 Å². The van der Waals surface area contributed by atoms with Crippen molar-refractivity contribution in [1.29, 1.82) is 0 Å². The van der Waals surface area contributed by atoms with Gasteiger partial charge in [0.25, 0.3) is 23.4 Å². The minimum Gasteiger partial charge on any atom is -0.292 e. The van der Waals surface area contributed by atoms with Crippen LogP contribution >= 0.6 is 31.9 Å². The first-order valence-corrected chi connectivity index (χ1v) is 12.7. The molecule has 2 fully saturated rings. The van der Waals surface area contributed by atoms with E-state index < -0.39 is 46.8 Å². The lowest BCUT2D eigenvalue weighted by Gasteiger charge is -2.30. The lowest BCUT2D eigenvalue weighted by atomic mass is 9.81. The summed E-state index contributed by atoms with van der Waals surface area (Å²) in [5, 5.41) is 12.7. The van der Waals surface area contributed by atoms with Crippen LogP contribution in [0.4, 0.5) is 5.69 Å². The number of nitro groups is 1. The van der Waals surface area contributed by atoms with Crippen molar-refractivity contribution in [3.63, 3.8) is 0 Å². The molecule has 1 aliphatic carbocycles. The number of alkyl halides is 2. The van der Waals surface area contributed by atoms with Crippen molar-refractivity contribution in [2.45, 2.75) is 29.4 Å². The SMILES string of the molecule is Cc1ccc(C(=O)CN(C(=O)c2ccc([N+](=O)[O-])cc2)N2C(=O)[C@@H]3C[C@H](Br)[C@@H](Br)C[C@H]3C2=O)cc1. The number of hydrazine groups is 1. The Morgan fingerprint density at radius 3 is 1.91 bits per heavy atom. The number of carbonyl (C=O) groups is 4. The summed E-state index contributed by atoms with van der Waals surface area (Å²) in [7, 11) is 0. The van der Waals surface area contributed by atoms with Gasteiger partial charge in [-0.3, -0.25) is 29.3 Å². The van der Waals surface area contributed by atoms with Gasteiger partial charge in [0.2, 0.25) is 0 Å². The Morgan fingerprint density at radius 2 is 1.43 bits per heavy atom. The highest BCUT2D eigenvalue weighted by atomic mass is 79.9. The normalized spacial score (nSPS) is 23.7. The lowest BCUT2D eigenvalue weighted by Crippen LogP contribution is -2.52. The quantitative estimate of drug-likeness (QED) is 0.161. The number of ketones is 1. The minimum atomic E-state index is -0.772. The summed E-state index contributed by atoms with van der Waals surface area (Å²) in [6.45, 7) is 1.33.